The number of hydrogen-bond donors (Lipinski definition) is 2. The molecular weight excluding hydrogens is 343 g/mol. The number of rotatable bonds is 3. The zero-order valence-electron chi connectivity index (χ0n) is 12.5. The van der Waals surface area contributed by atoms with E-state index in [1.165, 1.54) is 18.3 Å². The molecule has 4 nitrogen and oxygen atoms in total. The lowest BCUT2D eigenvalue weighted by Gasteiger charge is -2.25. The Kier molecular flexibility index (Phi) is 4.54. The van der Waals surface area contributed by atoms with Crippen molar-refractivity contribution in [3.8, 4) is 0 Å². The van der Waals surface area contributed by atoms with E-state index in [4.69, 9.17) is 11.6 Å². The van der Waals surface area contributed by atoms with Gasteiger partial charge in [-0.25, -0.2) is 5.10 Å². The molecule has 128 valence electrons. The summed E-state index contributed by atoms with van der Waals surface area (Å²) in [7, 11) is 0. The summed E-state index contributed by atoms with van der Waals surface area (Å²) in [6, 6.07) is 5.38. The smallest absolute Gasteiger partial charge is 0.379 e. The van der Waals surface area contributed by atoms with Gasteiger partial charge in [0.2, 0.25) is 0 Å². The Morgan fingerprint density at radius 2 is 2.00 bits per heavy atom. The lowest BCUT2D eigenvalue weighted by molar-refractivity contribution is -0.138. The molecule has 1 aliphatic carbocycles. The van der Waals surface area contributed by atoms with Crippen molar-refractivity contribution in [3.63, 3.8) is 0 Å². The van der Waals surface area contributed by atoms with E-state index in [2.05, 4.69) is 15.5 Å². The number of halogens is 4. The van der Waals surface area contributed by atoms with Gasteiger partial charge in [-0.2, -0.15) is 18.3 Å². The third-order valence-electron chi connectivity index (χ3n) is 4.32. The molecule has 0 radical (unpaired) electrons. The lowest BCUT2D eigenvalue weighted by Crippen LogP contribution is -2.26. The molecule has 0 spiro atoms. The second kappa shape index (κ2) is 6.47. The zero-order chi connectivity index (χ0) is 17.3. The highest BCUT2D eigenvalue weighted by Crippen LogP contribution is 2.42. The maximum Gasteiger partial charge on any atom is 0.416 e. The molecule has 1 aromatic heterocycles. The lowest BCUT2D eigenvalue weighted by atomic mass is 9.89. The predicted octanol–water partition coefficient (Wildman–Crippen LogP) is 4.19. The first-order valence-electron chi connectivity index (χ1n) is 7.54. The maximum atomic E-state index is 13.3. The number of aromatic amines is 1. The summed E-state index contributed by atoms with van der Waals surface area (Å²) in [4.78, 5) is 11.5. The van der Waals surface area contributed by atoms with Crippen LogP contribution in [-0.4, -0.2) is 16.2 Å². The van der Waals surface area contributed by atoms with Crippen LogP contribution in [0.15, 0.2) is 35.3 Å². The minimum Gasteiger partial charge on any atom is -0.379 e. The Bertz CT molecular complexity index is 791. The molecule has 2 unspecified atom stereocenters. The summed E-state index contributed by atoms with van der Waals surface area (Å²) >= 11 is 5.94. The fourth-order valence-electron chi connectivity index (χ4n) is 3.27. The van der Waals surface area contributed by atoms with E-state index < -0.39 is 17.3 Å². The van der Waals surface area contributed by atoms with E-state index in [9.17, 15) is 18.0 Å². The van der Waals surface area contributed by atoms with Crippen molar-refractivity contribution < 1.29 is 13.2 Å². The topological polar surface area (TPSA) is 57.8 Å². The Labute approximate surface area is 141 Å². The first-order valence-corrected chi connectivity index (χ1v) is 7.91. The molecule has 1 heterocycles. The number of nitrogens with one attached hydrogen (secondary N) is 2. The van der Waals surface area contributed by atoms with Crippen molar-refractivity contribution in [3.05, 3.63) is 57.0 Å². The van der Waals surface area contributed by atoms with Gasteiger partial charge in [0.25, 0.3) is 5.56 Å². The van der Waals surface area contributed by atoms with Crippen molar-refractivity contribution in [2.75, 3.05) is 5.32 Å². The van der Waals surface area contributed by atoms with Crippen LogP contribution in [0.3, 0.4) is 0 Å². The maximum absolute atomic E-state index is 13.3. The van der Waals surface area contributed by atoms with Gasteiger partial charge in [-0.05, 0) is 24.5 Å². The van der Waals surface area contributed by atoms with E-state index in [-0.39, 0.29) is 22.5 Å². The predicted molar refractivity (Wildman–Crippen MR) is 85.3 cm³/mol. The molecule has 0 saturated heterocycles. The molecule has 3 rings (SSSR count). The van der Waals surface area contributed by atoms with Gasteiger partial charge >= 0.3 is 6.18 Å². The number of nitrogens with zero attached hydrogens (tertiary/aromatic N) is 1. The number of alkyl halides is 3. The van der Waals surface area contributed by atoms with E-state index in [1.54, 1.807) is 6.07 Å². The van der Waals surface area contributed by atoms with Gasteiger partial charge in [0.1, 0.15) is 5.02 Å². The van der Waals surface area contributed by atoms with Crippen molar-refractivity contribution in [1.82, 2.24) is 10.2 Å². The number of aromatic nitrogens is 2. The third-order valence-corrected chi connectivity index (χ3v) is 4.69. The molecule has 0 amide bonds. The van der Waals surface area contributed by atoms with Crippen molar-refractivity contribution in [2.24, 2.45) is 0 Å². The Balaban J connectivity index is 1.92. The fraction of sp³-hybridized carbons (Fsp3) is 0.375. The van der Waals surface area contributed by atoms with E-state index in [0.717, 1.165) is 12.5 Å². The van der Waals surface area contributed by atoms with Crippen LogP contribution in [-0.2, 0) is 6.18 Å². The summed E-state index contributed by atoms with van der Waals surface area (Å²) in [5.41, 5.74) is -0.540. The quantitative estimate of drug-likeness (QED) is 0.866. The summed E-state index contributed by atoms with van der Waals surface area (Å²) in [6.07, 6.45) is -0.899. The van der Waals surface area contributed by atoms with Crippen LogP contribution in [0, 0.1) is 0 Å². The van der Waals surface area contributed by atoms with E-state index in [0.29, 0.717) is 18.5 Å². The van der Waals surface area contributed by atoms with Crippen molar-refractivity contribution in [2.45, 2.75) is 37.4 Å². The molecule has 24 heavy (non-hydrogen) atoms. The minimum atomic E-state index is -4.40. The van der Waals surface area contributed by atoms with Crippen molar-refractivity contribution in [1.29, 1.82) is 0 Å². The number of benzene rings is 1. The molecule has 2 N–H and O–H groups in total. The molecule has 1 fully saturated rings. The van der Waals surface area contributed by atoms with Crippen LogP contribution in [0.2, 0.25) is 5.02 Å². The fourth-order valence-corrected chi connectivity index (χ4v) is 3.41. The molecule has 1 saturated carbocycles. The normalized spacial score (nSPS) is 21.0. The van der Waals surface area contributed by atoms with E-state index in [1.807, 2.05) is 0 Å². The average Bonchev–Trinajstić information content (AvgIpc) is 2.99. The van der Waals surface area contributed by atoms with Gasteiger partial charge in [0.15, 0.2) is 0 Å². The standard InChI is InChI=1S/C16H15ClF3N3O/c17-14-13(8-21-23-15(14)24)22-12-7-3-5-10(12)9-4-1-2-6-11(9)16(18,19)20/h1-2,4,6,8,10,12H,3,5,7H2,(H2,22,23,24). The van der Waals surface area contributed by atoms with Crippen LogP contribution in [0.4, 0.5) is 18.9 Å². The summed E-state index contributed by atoms with van der Waals surface area (Å²) < 4.78 is 39.8. The van der Waals surface area contributed by atoms with Crippen LogP contribution in [0.25, 0.3) is 0 Å². The SMILES string of the molecule is O=c1[nH]ncc(NC2CCCC2c2ccccc2C(F)(F)F)c1Cl. The highest BCUT2D eigenvalue weighted by atomic mass is 35.5. The highest BCUT2D eigenvalue weighted by molar-refractivity contribution is 6.32. The molecule has 0 bridgehead atoms. The first kappa shape index (κ1) is 16.8. The largest absolute Gasteiger partial charge is 0.416 e. The number of anilines is 1. The van der Waals surface area contributed by atoms with Crippen molar-refractivity contribution >= 4 is 17.3 Å². The minimum absolute atomic E-state index is 0.0419. The van der Waals surface area contributed by atoms with Crippen LogP contribution < -0.4 is 10.9 Å². The van der Waals surface area contributed by atoms with Gasteiger partial charge in [0, 0.05) is 12.0 Å². The Morgan fingerprint density at radius 3 is 2.75 bits per heavy atom. The average molecular weight is 358 g/mol. The monoisotopic (exact) mass is 357 g/mol. The molecule has 1 aliphatic rings. The molecule has 0 aliphatic heterocycles. The molecule has 2 aromatic rings. The summed E-state index contributed by atoms with van der Waals surface area (Å²) in [5.74, 6) is -0.307. The molecule has 2 atom stereocenters. The van der Waals surface area contributed by atoms with Crippen LogP contribution >= 0.6 is 11.6 Å². The van der Waals surface area contributed by atoms with Crippen LogP contribution in [0.1, 0.15) is 36.3 Å². The molecule has 8 heteroatoms. The first-order chi connectivity index (χ1) is 11.4. The second-order valence-corrected chi connectivity index (χ2v) is 6.18. The third kappa shape index (κ3) is 3.26. The van der Waals surface area contributed by atoms with Gasteiger partial charge in [-0.1, -0.05) is 36.2 Å². The Morgan fingerprint density at radius 1 is 1.25 bits per heavy atom. The van der Waals surface area contributed by atoms with Gasteiger partial charge in [-0.15, -0.1) is 0 Å². The zero-order valence-corrected chi connectivity index (χ0v) is 13.3. The number of hydrogen-bond acceptors (Lipinski definition) is 3. The number of H-pyrrole nitrogens is 1. The highest BCUT2D eigenvalue weighted by Gasteiger charge is 2.38. The molecular formula is C16H15ClF3N3O. The van der Waals surface area contributed by atoms with Crippen LogP contribution in [0.5, 0.6) is 0 Å². The molecule has 1 aromatic carbocycles. The van der Waals surface area contributed by atoms with Gasteiger partial charge in [0.05, 0.1) is 17.4 Å². The Hall–Kier alpha value is -2.02. The summed E-state index contributed by atoms with van der Waals surface area (Å²) in [6.45, 7) is 0. The van der Waals surface area contributed by atoms with E-state index >= 15 is 0 Å². The van der Waals surface area contributed by atoms with Gasteiger partial charge < -0.3 is 5.32 Å². The van der Waals surface area contributed by atoms with Gasteiger partial charge in [-0.3, -0.25) is 4.79 Å². The summed E-state index contributed by atoms with van der Waals surface area (Å²) in [5, 5.41) is 8.94. The second-order valence-electron chi connectivity index (χ2n) is 5.80.